The molecule has 0 aromatic heterocycles. The van der Waals surface area contributed by atoms with E-state index in [0.717, 1.165) is 12.8 Å². The second-order valence-electron chi connectivity index (χ2n) is 3.91. The van der Waals surface area contributed by atoms with Crippen molar-refractivity contribution in [3.8, 4) is 17.2 Å². The van der Waals surface area contributed by atoms with Crippen LogP contribution in [0.25, 0.3) is 0 Å². The van der Waals surface area contributed by atoms with Crippen molar-refractivity contribution < 1.29 is 14.2 Å². The maximum Gasteiger partial charge on any atom is 0.126 e. The molecular weight excluding hydrogens is 218 g/mol. The first-order valence-electron chi connectivity index (χ1n) is 5.81. The van der Waals surface area contributed by atoms with E-state index in [0.29, 0.717) is 23.9 Å². The lowest BCUT2D eigenvalue weighted by Crippen LogP contribution is -2.27. The van der Waals surface area contributed by atoms with Crippen molar-refractivity contribution in [1.82, 2.24) is 0 Å². The average molecular weight is 239 g/mol. The minimum absolute atomic E-state index is 0.0668. The minimum atomic E-state index is 0.0668. The fourth-order valence-corrected chi connectivity index (χ4v) is 1.52. The van der Waals surface area contributed by atoms with Gasteiger partial charge in [0.05, 0.1) is 14.2 Å². The monoisotopic (exact) mass is 239 g/mol. The van der Waals surface area contributed by atoms with Gasteiger partial charge in [0.25, 0.3) is 0 Å². The molecule has 4 nitrogen and oxygen atoms in total. The van der Waals surface area contributed by atoms with Crippen LogP contribution in [0.1, 0.15) is 19.8 Å². The molecule has 0 aliphatic carbocycles. The highest BCUT2D eigenvalue weighted by atomic mass is 16.5. The summed E-state index contributed by atoms with van der Waals surface area (Å²) in [5.74, 6) is 2.14. The summed E-state index contributed by atoms with van der Waals surface area (Å²) in [7, 11) is 3.22. The second-order valence-corrected chi connectivity index (χ2v) is 3.91. The van der Waals surface area contributed by atoms with Gasteiger partial charge < -0.3 is 19.9 Å². The number of methoxy groups -OCH3 is 2. The van der Waals surface area contributed by atoms with Crippen molar-refractivity contribution in [2.75, 3.05) is 20.8 Å². The molecule has 0 fully saturated rings. The van der Waals surface area contributed by atoms with Crippen molar-refractivity contribution in [3.05, 3.63) is 18.2 Å². The normalized spacial score (nSPS) is 12.0. The van der Waals surface area contributed by atoms with E-state index in [1.54, 1.807) is 20.3 Å². The van der Waals surface area contributed by atoms with Crippen LogP contribution in [0.3, 0.4) is 0 Å². The SMILES string of the molecule is CCCC(N)COc1cc(OC)cc(OC)c1. The zero-order chi connectivity index (χ0) is 12.7. The topological polar surface area (TPSA) is 53.7 Å². The third kappa shape index (κ3) is 4.53. The van der Waals surface area contributed by atoms with E-state index >= 15 is 0 Å². The van der Waals surface area contributed by atoms with Gasteiger partial charge in [-0.05, 0) is 6.42 Å². The van der Waals surface area contributed by atoms with Crippen LogP contribution in [0, 0.1) is 0 Å². The van der Waals surface area contributed by atoms with Crippen molar-refractivity contribution in [3.63, 3.8) is 0 Å². The van der Waals surface area contributed by atoms with Gasteiger partial charge in [0.15, 0.2) is 0 Å². The average Bonchev–Trinajstić information content (AvgIpc) is 2.36. The Hall–Kier alpha value is -1.42. The third-order valence-electron chi connectivity index (χ3n) is 2.45. The third-order valence-corrected chi connectivity index (χ3v) is 2.45. The summed E-state index contributed by atoms with van der Waals surface area (Å²) < 4.78 is 15.9. The van der Waals surface area contributed by atoms with E-state index in [2.05, 4.69) is 6.92 Å². The predicted molar refractivity (Wildman–Crippen MR) is 67.9 cm³/mol. The maximum absolute atomic E-state index is 5.89. The Morgan fingerprint density at radius 3 is 2.06 bits per heavy atom. The largest absolute Gasteiger partial charge is 0.496 e. The van der Waals surface area contributed by atoms with E-state index in [9.17, 15) is 0 Å². The smallest absolute Gasteiger partial charge is 0.126 e. The van der Waals surface area contributed by atoms with Crippen LogP contribution in [0.5, 0.6) is 17.2 Å². The summed E-state index contributed by atoms with van der Waals surface area (Å²) >= 11 is 0. The molecule has 0 radical (unpaired) electrons. The Labute approximate surface area is 103 Å². The molecule has 0 saturated carbocycles. The van der Waals surface area contributed by atoms with Crippen molar-refractivity contribution in [1.29, 1.82) is 0 Å². The van der Waals surface area contributed by atoms with Crippen LogP contribution in [-0.2, 0) is 0 Å². The molecule has 1 aromatic rings. The Morgan fingerprint density at radius 1 is 1.06 bits per heavy atom. The highest BCUT2D eigenvalue weighted by Crippen LogP contribution is 2.27. The highest BCUT2D eigenvalue weighted by Gasteiger charge is 2.05. The van der Waals surface area contributed by atoms with E-state index in [-0.39, 0.29) is 6.04 Å². The molecule has 96 valence electrons. The summed E-state index contributed by atoms with van der Waals surface area (Å²) in [6, 6.07) is 5.51. The molecule has 2 N–H and O–H groups in total. The van der Waals surface area contributed by atoms with Crippen LogP contribution >= 0.6 is 0 Å². The molecule has 17 heavy (non-hydrogen) atoms. The second kappa shape index (κ2) is 7.01. The maximum atomic E-state index is 5.89. The van der Waals surface area contributed by atoms with Gasteiger partial charge in [-0.1, -0.05) is 13.3 Å². The number of benzene rings is 1. The van der Waals surface area contributed by atoms with Crippen LogP contribution in [0.2, 0.25) is 0 Å². The summed E-state index contributed by atoms with van der Waals surface area (Å²) in [4.78, 5) is 0. The van der Waals surface area contributed by atoms with Gasteiger partial charge in [0, 0.05) is 24.2 Å². The van der Waals surface area contributed by atoms with Gasteiger partial charge in [0.2, 0.25) is 0 Å². The summed E-state index contributed by atoms with van der Waals surface area (Å²) in [5.41, 5.74) is 5.89. The lowest BCUT2D eigenvalue weighted by molar-refractivity contribution is 0.278. The van der Waals surface area contributed by atoms with Gasteiger partial charge in [-0.15, -0.1) is 0 Å². The minimum Gasteiger partial charge on any atom is -0.496 e. The Bertz CT molecular complexity index is 319. The van der Waals surface area contributed by atoms with Crippen LogP contribution in [0.4, 0.5) is 0 Å². The predicted octanol–water partition coefficient (Wildman–Crippen LogP) is 2.21. The lowest BCUT2D eigenvalue weighted by Gasteiger charge is -2.13. The molecule has 0 aliphatic rings. The van der Waals surface area contributed by atoms with Gasteiger partial charge in [-0.3, -0.25) is 0 Å². The van der Waals surface area contributed by atoms with Crippen molar-refractivity contribution in [2.45, 2.75) is 25.8 Å². The molecule has 0 amide bonds. The van der Waals surface area contributed by atoms with Gasteiger partial charge in [-0.25, -0.2) is 0 Å². The molecular formula is C13H21NO3. The fraction of sp³-hybridized carbons (Fsp3) is 0.538. The summed E-state index contributed by atoms with van der Waals surface area (Å²) in [6.07, 6.45) is 2.02. The molecule has 1 aromatic carbocycles. The van der Waals surface area contributed by atoms with Gasteiger partial charge >= 0.3 is 0 Å². The number of hydrogen-bond donors (Lipinski definition) is 1. The molecule has 0 spiro atoms. The van der Waals surface area contributed by atoms with E-state index in [1.165, 1.54) is 0 Å². The molecule has 0 heterocycles. The first-order valence-corrected chi connectivity index (χ1v) is 5.81. The number of hydrogen-bond acceptors (Lipinski definition) is 4. The van der Waals surface area contributed by atoms with Gasteiger partial charge in [0.1, 0.15) is 23.9 Å². The number of rotatable bonds is 7. The fourth-order valence-electron chi connectivity index (χ4n) is 1.52. The molecule has 0 bridgehead atoms. The summed E-state index contributed by atoms with van der Waals surface area (Å²) in [5, 5.41) is 0. The Balaban J connectivity index is 2.63. The first-order chi connectivity index (χ1) is 8.19. The van der Waals surface area contributed by atoms with Crippen molar-refractivity contribution in [2.24, 2.45) is 5.73 Å². The first kappa shape index (κ1) is 13.6. The van der Waals surface area contributed by atoms with Crippen LogP contribution in [0.15, 0.2) is 18.2 Å². The van der Waals surface area contributed by atoms with E-state index in [1.807, 2.05) is 12.1 Å². The molecule has 1 rings (SSSR count). The van der Waals surface area contributed by atoms with Crippen LogP contribution in [-0.4, -0.2) is 26.9 Å². The molecule has 1 atom stereocenters. The van der Waals surface area contributed by atoms with E-state index in [4.69, 9.17) is 19.9 Å². The van der Waals surface area contributed by atoms with Gasteiger partial charge in [-0.2, -0.15) is 0 Å². The lowest BCUT2D eigenvalue weighted by atomic mass is 10.2. The zero-order valence-corrected chi connectivity index (χ0v) is 10.7. The summed E-state index contributed by atoms with van der Waals surface area (Å²) in [6.45, 7) is 2.61. The van der Waals surface area contributed by atoms with Crippen molar-refractivity contribution >= 4 is 0 Å². The molecule has 1 unspecified atom stereocenters. The standard InChI is InChI=1S/C13H21NO3/c1-4-5-10(14)9-17-13-7-11(15-2)6-12(8-13)16-3/h6-8,10H,4-5,9,14H2,1-3H3. The highest BCUT2D eigenvalue weighted by molar-refractivity contribution is 5.41. The quantitative estimate of drug-likeness (QED) is 0.792. The molecule has 4 heteroatoms. The number of nitrogens with two attached hydrogens (primary N) is 1. The Morgan fingerprint density at radius 2 is 1.59 bits per heavy atom. The molecule has 0 aliphatic heterocycles. The molecule has 0 saturated heterocycles. The van der Waals surface area contributed by atoms with Crippen LogP contribution < -0.4 is 19.9 Å². The Kier molecular flexibility index (Phi) is 5.63. The van der Waals surface area contributed by atoms with E-state index < -0.39 is 0 Å². The zero-order valence-electron chi connectivity index (χ0n) is 10.7. The number of ether oxygens (including phenoxy) is 3.